The second-order valence-corrected chi connectivity index (χ2v) is 7.25. The van der Waals surface area contributed by atoms with Gasteiger partial charge in [-0.15, -0.1) is 0 Å². The number of aliphatic imine (C=N–C) groups is 1. The number of aryl methyl sites for hydroxylation is 1. The van der Waals surface area contributed by atoms with Gasteiger partial charge in [-0.1, -0.05) is 6.07 Å². The number of guanidine groups is 1. The molecule has 3 heterocycles. The van der Waals surface area contributed by atoms with Crippen molar-refractivity contribution in [2.24, 2.45) is 12.0 Å². The van der Waals surface area contributed by atoms with Crippen molar-refractivity contribution >= 4 is 11.8 Å². The zero-order valence-corrected chi connectivity index (χ0v) is 17.6. The molecule has 1 N–H and O–H groups in total. The molecule has 0 spiro atoms. The van der Waals surface area contributed by atoms with E-state index in [1.807, 2.05) is 24.1 Å². The highest BCUT2D eigenvalue weighted by Gasteiger charge is 2.26. The Labute approximate surface area is 168 Å². The maximum Gasteiger partial charge on any atom is 0.194 e. The summed E-state index contributed by atoms with van der Waals surface area (Å²) in [6.07, 6.45) is 7.20. The first-order valence-corrected chi connectivity index (χ1v) is 10.4. The number of rotatable bonds is 7. The number of hydrogen-bond acceptors (Lipinski definition) is 4. The lowest BCUT2D eigenvalue weighted by Crippen LogP contribution is -2.40. The topological polar surface area (TPSA) is 61.6 Å². The molecule has 1 aliphatic heterocycles. The molecule has 7 heteroatoms. The molecule has 0 aromatic carbocycles. The summed E-state index contributed by atoms with van der Waals surface area (Å²) in [6.45, 7) is 11.9. The fourth-order valence-electron chi connectivity index (χ4n) is 3.71. The third-order valence-corrected chi connectivity index (χ3v) is 5.33. The van der Waals surface area contributed by atoms with Crippen LogP contribution in [0.2, 0.25) is 0 Å². The first-order valence-electron chi connectivity index (χ1n) is 10.4. The third-order valence-electron chi connectivity index (χ3n) is 5.33. The van der Waals surface area contributed by atoms with Crippen LogP contribution in [0.25, 0.3) is 0 Å². The minimum absolute atomic E-state index is 0.521. The molecular formula is C21H33N7. The van der Waals surface area contributed by atoms with Crippen LogP contribution in [0, 0.1) is 0 Å². The summed E-state index contributed by atoms with van der Waals surface area (Å²) in [6, 6.07) is 4.23. The fourth-order valence-corrected chi connectivity index (χ4v) is 3.71. The van der Waals surface area contributed by atoms with E-state index < -0.39 is 0 Å². The number of likely N-dealkylation sites (tertiary alicyclic amines) is 1. The van der Waals surface area contributed by atoms with E-state index in [1.54, 1.807) is 0 Å². The maximum atomic E-state index is 4.87. The summed E-state index contributed by atoms with van der Waals surface area (Å²) >= 11 is 0. The van der Waals surface area contributed by atoms with Crippen molar-refractivity contribution in [2.75, 3.05) is 37.6 Å². The van der Waals surface area contributed by atoms with Gasteiger partial charge in [0.15, 0.2) is 5.96 Å². The van der Waals surface area contributed by atoms with E-state index in [0.29, 0.717) is 12.5 Å². The van der Waals surface area contributed by atoms with Gasteiger partial charge in [-0.05, 0) is 44.4 Å². The van der Waals surface area contributed by atoms with Crippen LogP contribution in [0.15, 0.2) is 35.7 Å². The zero-order valence-electron chi connectivity index (χ0n) is 17.6. The van der Waals surface area contributed by atoms with Gasteiger partial charge >= 0.3 is 0 Å². The maximum absolute atomic E-state index is 4.87. The molecule has 7 nitrogen and oxygen atoms in total. The molecule has 1 fully saturated rings. The van der Waals surface area contributed by atoms with E-state index in [9.17, 15) is 0 Å². The smallest absolute Gasteiger partial charge is 0.194 e. The second kappa shape index (κ2) is 9.57. The van der Waals surface area contributed by atoms with Crippen LogP contribution >= 0.6 is 0 Å². The summed E-state index contributed by atoms with van der Waals surface area (Å²) in [5.41, 5.74) is 2.45. The van der Waals surface area contributed by atoms with Gasteiger partial charge in [-0.25, -0.2) is 9.98 Å². The molecule has 3 rings (SSSR count). The van der Waals surface area contributed by atoms with Crippen molar-refractivity contribution in [3.05, 3.63) is 41.9 Å². The Bertz CT molecular complexity index is 761. The lowest BCUT2D eigenvalue weighted by Gasteiger charge is -2.22. The summed E-state index contributed by atoms with van der Waals surface area (Å²) in [7, 11) is 1.97. The number of pyridine rings is 1. The predicted octanol–water partition coefficient (Wildman–Crippen LogP) is 2.62. The quantitative estimate of drug-likeness (QED) is 0.588. The standard InChI is InChI=1S/C21H33N7/c1-5-22-21(28-11-10-18(16-28)19-14-25-26(4)15-19)24-13-17-8-9-20(23-12-17)27(6-2)7-3/h8-9,12,14-15,18H,5-7,10-11,13,16H2,1-4H3,(H,22,24). The highest BCUT2D eigenvalue weighted by atomic mass is 15.3. The molecule has 1 aliphatic rings. The molecule has 1 saturated heterocycles. The van der Waals surface area contributed by atoms with Gasteiger partial charge in [-0.2, -0.15) is 5.10 Å². The average Bonchev–Trinajstić information content (AvgIpc) is 3.36. The lowest BCUT2D eigenvalue weighted by molar-refractivity contribution is 0.486. The normalized spacial score (nSPS) is 17.2. The molecule has 0 aliphatic carbocycles. The Hall–Kier alpha value is -2.57. The molecular weight excluding hydrogens is 350 g/mol. The number of nitrogens with zero attached hydrogens (tertiary/aromatic N) is 6. The summed E-state index contributed by atoms with van der Waals surface area (Å²) in [5, 5.41) is 7.76. The van der Waals surface area contributed by atoms with Crippen molar-refractivity contribution < 1.29 is 0 Å². The second-order valence-electron chi connectivity index (χ2n) is 7.25. The lowest BCUT2D eigenvalue weighted by atomic mass is 10.0. The molecule has 2 aromatic heterocycles. The minimum Gasteiger partial charge on any atom is -0.357 e. The average molecular weight is 384 g/mol. The molecule has 28 heavy (non-hydrogen) atoms. The van der Waals surface area contributed by atoms with Gasteiger partial charge in [0.1, 0.15) is 5.82 Å². The molecule has 0 saturated carbocycles. The minimum atomic E-state index is 0.521. The van der Waals surface area contributed by atoms with Crippen molar-refractivity contribution in [1.82, 2.24) is 25.0 Å². The van der Waals surface area contributed by atoms with Gasteiger partial charge in [0.05, 0.1) is 12.7 Å². The fraction of sp³-hybridized carbons (Fsp3) is 0.571. The van der Waals surface area contributed by atoms with Gasteiger partial charge in [-0.3, -0.25) is 4.68 Å². The van der Waals surface area contributed by atoms with Crippen molar-refractivity contribution in [3.63, 3.8) is 0 Å². The predicted molar refractivity (Wildman–Crippen MR) is 115 cm³/mol. The Morgan fingerprint density at radius 3 is 2.68 bits per heavy atom. The third kappa shape index (κ3) is 4.82. The van der Waals surface area contributed by atoms with Crippen LogP contribution in [0.5, 0.6) is 0 Å². The Balaban J connectivity index is 1.64. The van der Waals surface area contributed by atoms with Crippen LogP contribution in [0.4, 0.5) is 5.82 Å². The molecule has 0 bridgehead atoms. The van der Waals surface area contributed by atoms with E-state index in [-0.39, 0.29) is 0 Å². The number of nitrogens with one attached hydrogen (secondary N) is 1. The van der Waals surface area contributed by atoms with Gasteiger partial charge in [0.25, 0.3) is 0 Å². The SMILES string of the molecule is CCNC(=NCc1ccc(N(CC)CC)nc1)N1CCC(c2cnn(C)c2)C1. The largest absolute Gasteiger partial charge is 0.357 e. The molecule has 0 amide bonds. The van der Waals surface area contributed by atoms with E-state index in [0.717, 1.165) is 56.5 Å². The Kier molecular flexibility index (Phi) is 6.90. The highest BCUT2D eigenvalue weighted by molar-refractivity contribution is 5.80. The van der Waals surface area contributed by atoms with Crippen LogP contribution in [0.1, 0.15) is 44.2 Å². The van der Waals surface area contributed by atoms with E-state index in [2.05, 4.69) is 64.3 Å². The van der Waals surface area contributed by atoms with Gasteiger partial charge in [0, 0.05) is 58.1 Å². The van der Waals surface area contributed by atoms with Gasteiger partial charge < -0.3 is 15.1 Å². The summed E-state index contributed by atoms with van der Waals surface area (Å²) in [5.74, 6) is 2.54. The Morgan fingerprint density at radius 2 is 2.07 bits per heavy atom. The van der Waals surface area contributed by atoms with Crippen molar-refractivity contribution in [3.8, 4) is 0 Å². The van der Waals surface area contributed by atoms with Gasteiger partial charge in [0.2, 0.25) is 0 Å². The van der Waals surface area contributed by atoms with Crippen LogP contribution in [0.3, 0.4) is 0 Å². The van der Waals surface area contributed by atoms with Crippen molar-refractivity contribution in [2.45, 2.75) is 39.7 Å². The van der Waals surface area contributed by atoms with E-state index in [4.69, 9.17) is 4.99 Å². The number of hydrogen-bond donors (Lipinski definition) is 1. The monoisotopic (exact) mass is 383 g/mol. The van der Waals surface area contributed by atoms with E-state index >= 15 is 0 Å². The summed E-state index contributed by atoms with van der Waals surface area (Å²) < 4.78 is 1.88. The van der Waals surface area contributed by atoms with Crippen molar-refractivity contribution in [1.29, 1.82) is 0 Å². The number of anilines is 1. The molecule has 0 radical (unpaired) electrons. The Morgan fingerprint density at radius 1 is 1.25 bits per heavy atom. The van der Waals surface area contributed by atoms with Crippen LogP contribution in [-0.4, -0.2) is 58.3 Å². The molecule has 2 aromatic rings. The first-order chi connectivity index (χ1) is 13.6. The molecule has 1 atom stereocenters. The van der Waals surface area contributed by atoms with E-state index in [1.165, 1.54) is 5.56 Å². The van der Waals surface area contributed by atoms with Crippen LogP contribution < -0.4 is 10.2 Å². The highest BCUT2D eigenvalue weighted by Crippen LogP contribution is 2.26. The first kappa shape index (κ1) is 20.2. The zero-order chi connectivity index (χ0) is 19.9. The number of aromatic nitrogens is 3. The summed E-state index contributed by atoms with van der Waals surface area (Å²) in [4.78, 5) is 14.1. The molecule has 1 unspecified atom stereocenters. The van der Waals surface area contributed by atoms with Crippen LogP contribution in [-0.2, 0) is 13.6 Å². The molecule has 152 valence electrons.